The number of sulfonamides is 1. The van der Waals surface area contributed by atoms with Gasteiger partial charge in [0.05, 0.1) is 5.02 Å². The molecule has 0 amide bonds. The van der Waals surface area contributed by atoms with E-state index in [1.165, 1.54) is 17.4 Å². The highest BCUT2D eigenvalue weighted by molar-refractivity contribution is 7.89. The van der Waals surface area contributed by atoms with Crippen LogP contribution in [0, 0.1) is 0 Å². The highest BCUT2D eigenvalue weighted by Crippen LogP contribution is 2.31. The van der Waals surface area contributed by atoms with E-state index in [0.717, 1.165) is 6.42 Å². The molecule has 0 saturated carbocycles. The molecule has 0 spiro atoms. The minimum absolute atomic E-state index is 0.00628. The quantitative estimate of drug-likeness (QED) is 0.614. The van der Waals surface area contributed by atoms with Gasteiger partial charge in [0, 0.05) is 25.2 Å². The summed E-state index contributed by atoms with van der Waals surface area (Å²) >= 11 is 12.0. The predicted octanol–water partition coefficient (Wildman–Crippen LogP) is 3.04. The van der Waals surface area contributed by atoms with Gasteiger partial charge in [0.2, 0.25) is 10.0 Å². The summed E-state index contributed by atoms with van der Waals surface area (Å²) in [5.41, 5.74) is 6.05. The van der Waals surface area contributed by atoms with Crippen LogP contribution in [0.2, 0.25) is 10.0 Å². The van der Waals surface area contributed by atoms with Crippen LogP contribution in [0.1, 0.15) is 18.4 Å². The minimum Gasteiger partial charge on any atom is -0.326 e. The zero-order chi connectivity index (χ0) is 15.3. The Morgan fingerprint density at radius 3 is 2.60 bits per heavy atom. The SMILES string of the molecule is C=CCCCN(C)S(=O)(=O)c1cc(Cl)cc(CN)c1Cl. The van der Waals surface area contributed by atoms with Gasteiger partial charge >= 0.3 is 0 Å². The lowest BCUT2D eigenvalue weighted by Crippen LogP contribution is -2.28. The van der Waals surface area contributed by atoms with Gasteiger partial charge in [0.15, 0.2) is 0 Å². The molecular formula is C13H18Cl2N2O2S. The molecular weight excluding hydrogens is 319 g/mol. The Morgan fingerprint density at radius 1 is 1.40 bits per heavy atom. The average Bonchev–Trinajstić information content (AvgIpc) is 2.40. The molecule has 0 aliphatic carbocycles. The fraction of sp³-hybridized carbons (Fsp3) is 0.385. The van der Waals surface area contributed by atoms with E-state index in [1.54, 1.807) is 12.1 Å². The van der Waals surface area contributed by atoms with E-state index < -0.39 is 10.0 Å². The lowest BCUT2D eigenvalue weighted by atomic mass is 10.2. The molecule has 0 aliphatic rings. The Morgan fingerprint density at radius 2 is 2.05 bits per heavy atom. The molecule has 0 fully saturated rings. The summed E-state index contributed by atoms with van der Waals surface area (Å²) in [5.74, 6) is 0. The van der Waals surface area contributed by atoms with Crippen molar-refractivity contribution in [1.82, 2.24) is 4.31 Å². The first-order valence-corrected chi connectivity index (χ1v) is 8.29. The maximum atomic E-state index is 12.5. The van der Waals surface area contributed by atoms with Crippen LogP contribution in [0.3, 0.4) is 0 Å². The molecule has 0 atom stereocenters. The van der Waals surface area contributed by atoms with Gasteiger partial charge in [-0.25, -0.2) is 12.7 Å². The number of hydrogen-bond donors (Lipinski definition) is 1. The monoisotopic (exact) mass is 336 g/mol. The number of hydrogen-bond acceptors (Lipinski definition) is 3. The zero-order valence-electron chi connectivity index (χ0n) is 11.3. The summed E-state index contributed by atoms with van der Waals surface area (Å²) in [6.07, 6.45) is 3.19. The smallest absolute Gasteiger partial charge is 0.244 e. The Kier molecular flexibility index (Phi) is 6.48. The standard InChI is InChI=1S/C13H18Cl2N2O2S/c1-3-4-5-6-17(2)20(18,19)12-8-11(14)7-10(9-16)13(12)15/h3,7-8H,1,4-6,9,16H2,2H3. The van der Waals surface area contributed by atoms with Crippen molar-refractivity contribution in [1.29, 1.82) is 0 Å². The van der Waals surface area contributed by atoms with Crippen molar-refractivity contribution in [3.8, 4) is 0 Å². The molecule has 4 nitrogen and oxygen atoms in total. The van der Waals surface area contributed by atoms with Crippen LogP contribution in [-0.4, -0.2) is 26.3 Å². The Bertz CT molecular complexity index is 588. The molecule has 2 N–H and O–H groups in total. The van der Waals surface area contributed by atoms with Gasteiger partial charge in [-0.15, -0.1) is 6.58 Å². The molecule has 1 aromatic rings. The van der Waals surface area contributed by atoms with Gasteiger partial charge in [-0.3, -0.25) is 0 Å². The third-order valence-corrected chi connectivity index (χ3v) is 5.53. The Balaban J connectivity index is 3.15. The van der Waals surface area contributed by atoms with Crippen LogP contribution in [0.4, 0.5) is 0 Å². The van der Waals surface area contributed by atoms with Crippen molar-refractivity contribution in [3.05, 3.63) is 40.4 Å². The topological polar surface area (TPSA) is 63.4 Å². The van der Waals surface area contributed by atoms with Crippen LogP contribution in [0.15, 0.2) is 29.7 Å². The van der Waals surface area contributed by atoms with Crippen LogP contribution in [-0.2, 0) is 16.6 Å². The van der Waals surface area contributed by atoms with Crippen LogP contribution in [0.25, 0.3) is 0 Å². The number of benzene rings is 1. The van der Waals surface area contributed by atoms with E-state index >= 15 is 0 Å². The number of unbranched alkanes of at least 4 members (excludes halogenated alkanes) is 1. The first-order chi connectivity index (χ1) is 9.34. The zero-order valence-corrected chi connectivity index (χ0v) is 13.6. The normalized spacial score (nSPS) is 11.8. The van der Waals surface area contributed by atoms with Crippen molar-refractivity contribution in [2.75, 3.05) is 13.6 Å². The van der Waals surface area contributed by atoms with E-state index in [4.69, 9.17) is 28.9 Å². The molecule has 0 aliphatic heterocycles. The Hall–Kier alpha value is -0.590. The third-order valence-electron chi connectivity index (χ3n) is 2.87. The molecule has 0 saturated heterocycles. The van der Waals surface area contributed by atoms with Gasteiger partial charge in [0.1, 0.15) is 4.90 Å². The molecule has 0 unspecified atom stereocenters. The summed E-state index contributed by atoms with van der Waals surface area (Å²) in [5, 5.41) is 0.431. The number of allylic oxidation sites excluding steroid dienone is 1. The molecule has 20 heavy (non-hydrogen) atoms. The molecule has 0 heterocycles. The minimum atomic E-state index is -3.68. The molecule has 112 valence electrons. The van der Waals surface area contributed by atoms with E-state index in [-0.39, 0.29) is 16.5 Å². The lowest BCUT2D eigenvalue weighted by molar-refractivity contribution is 0.463. The maximum Gasteiger partial charge on any atom is 0.244 e. The largest absolute Gasteiger partial charge is 0.326 e. The number of rotatable bonds is 7. The van der Waals surface area contributed by atoms with E-state index in [1.807, 2.05) is 0 Å². The van der Waals surface area contributed by atoms with Gasteiger partial charge in [0.25, 0.3) is 0 Å². The summed E-state index contributed by atoms with van der Waals surface area (Å²) < 4.78 is 26.2. The van der Waals surface area contributed by atoms with Gasteiger partial charge in [-0.2, -0.15) is 0 Å². The van der Waals surface area contributed by atoms with Gasteiger partial charge in [-0.1, -0.05) is 29.3 Å². The second-order valence-electron chi connectivity index (χ2n) is 4.34. The van der Waals surface area contributed by atoms with E-state index in [0.29, 0.717) is 23.6 Å². The molecule has 0 radical (unpaired) electrons. The van der Waals surface area contributed by atoms with Crippen molar-refractivity contribution < 1.29 is 8.42 Å². The lowest BCUT2D eigenvalue weighted by Gasteiger charge is -2.19. The third kappa shape index (κ3) is 3.96. The molecule has 0 aromatic heterocycles. The first kappa shape index (κ1) is 17.5. The van der Waals surface area contributed by atoms with E-state index in [9.17, 15) is 8.42 Å². The summed E-state index contributed by atoms with van der Waals surface area (Å²) in [6, 6.07) is 2.92. The first-order valence-electron chi connectivity index (χ1n) is 6.09. The fourth-order valence-corrected chi connectivity index (χ4v) is 3.82. The fourth-order valence-electron chi connectivity index (χ4n) is 1.70. The highest BCUT2D eigenvalue weighted by atomic mass is 35.5. The van der Waals surface area contributed by atoms with Crippen molar-refractivity contribution in [2.24, 2.45) is 5.73 Å². The maximum absolute atomic E-state index is 12.5. The van der Waals surface area contributed by atoms with Gasteiger partial charge in [-0.05, 0) is 30.5 Å². The second-order valence-corrected chi connectivity index (χ2v) is 7.17. The summed E-state index contributed by atoms with van der Waals surface area (Å²) in [6.45, 7) is 4.12. The van der Waals surface area contributed by atoms with Crippen LogP contribution in [0.5, 0.6) is 0 Å². The van der Waals surface area contributed by atoms with Crippen LogP contribution >= 0.6 is 23.2 Å². The van der Waals surface area contributed by atoms with E-state index in [2.05, 4.69) is 6.58 Å². The molecule has 1 rings (SSSR count). The van der Waals surface area contributed by atoms with Crippen molar-refractivity contribution in [2.45, 2.75) is 24.3 Å². The second kappa shape index (κ2) is 7.43. The Labute approximate surface area is 130 Å². The summed E-state index contributed by atoms with van der Waals surface area (Å²) in [4.78, 5) is -0.00628. The number of nitrogens with zero attached hydrogens (tertiary/aromatic N) is 1. The highest BCUT2D eigenvalue weighted by Gasteiger charge is 2.25. The molecule has 1 aromatic carbocycles. The number of nitrogens with two attached hydrogens (primary N) is 1. The van der Waals surface area contributed by atoms with Crippen molar-refractivity contribution >= 4 is 33.2 Å². The number of halogens is 2. The van der Waals surface area contributed by atoms with Crippen molar-refractivity contribution in [3.63, 3.8) is 0 Å². The molecule has 7 heteroatoms. The average molecular weight is 337 g/mol. The molecule has 0 bridgehead atoms. The predicted molar refractivity (Wildman–Crippen MR) is 83.6 cm³/mol. The van der Waals surface area contributed by atoms with Gasteiger partial charge < -0.3 is 5.73 Å². The summed E-state index contributed by atoms with van der Waals surface area (Å²) in [7, 11) is -2.17. The van der Waals surface area contributed by atoms with Crippen LogP contribution < -0.4 is 5.73 Å².